The van der Waals surface area contributed by atoms with Crippen LogP contribution in [0.25, 0.3) is 10.6 Å². The third-order valence-corrected chi connectivity index (χ3v) is 3.38. The van der Waals surface area contributed by atoms with Crippen molar-refractivity contribution in [1.82, 2.24) is 4.98 Å². The lowest BCUT2D eigenvalue weighted by molar-refractivity contribution is 0.1000. The Morgan fingerprint density at radius 1 is 1.38 bits per heavy atom. The first-order valence-electron chi connectivity index (χ1n) is 4.91. The molecule has 0 aliphatic carbocycles. The molecule has 0 fully saturated rings. The Labute approximate surface area is 97.9 Å². The van der Waals surface area contributed by atoms with Crippen molar-refractivity contribution >= 4 is 17.2 Å². The minimum Gasteiger partial charge on any atom is -0.366 e. The maximum atomic E-state index is 11.3. The number of carbonyl (C=O) groups excluding carboxylic acids is 1. The highest BCUT2D eigenvalue weighted by Crippen LogP contribution is 2.30. The van der Waals surface area contributed by atoms with Gasteiger partial charge in [0.15, 0.2) is 0 Å². The second-order valence-corrected chi connectivity index (χ2v) is 4.53. The number of primary amides is 1. The van der Waals surface area contributed by atoms with E-state index in [0.29, 0.717) is 5.56 Å². The molecular weight excluding hydrogens is 220 g/mol. The van der Waals surface area contributed by atoms with E-state index in [2.05, 4.69) is 4.98 Å². The van der Waals surface area contributed by atoms with Gasteiger partial charge >= 0.3 is 0 Å². The van der Waals surface area contributed by atoms with Crippen LogP contribution in [0.4, 0.5) is 0 Å². The summed E-state index contributed by atoms with van der Waals surface area (Å²) in [6, 6.07) is 3.67. The van der Waals surface area contributed by atoms with Crippen LogP contribution >= 0.6 is 11.3 Å². The Hall–Kier alpha value is -1.68. The van der Waals surface area contributed by atoms with Crippen LogP contribution in [0.2, 0.25) is 0 Å². The van der Waals surface area contributed by atoms with Gasteiger partial charge in [-0.05, 0) is 31.0 Å². The number of benzene rings is 1. The summed E-state index contributed by atoms with van der Waals surface area (Å²) in [7, 11) is 0. The van der Waals surface area contributed by atoms with Crippen molar-refractivity contribution in [2.24, 2.45) is 5.73 Å². The average molecular weight is 232 g/mol. The molecule has 82 valence electrons. The molecule has 2 N–H and O–H groups in total. The molecule has 0 aliphatic heterocycles. The third-order valence-electron chi connectivity index (χ3n) is 2.58. The summed E-state index contributed by atoms with van der Waals surface area (Å²) in [6.07, 6.45) is 1.76. The first kappa shape index (κ1) is 10.8. The van der Waals surface area contributed by atoms with Gasteiger partial charge in [0.25, 0.3) is 0 Å². The molecule has 0 unspecified atom stereocenters. The van der Waals surface area contributed by atoms with Crippen molar-refractivity contribution in [3.05, 3.63) is 40.4 Å². The molecule has 3 nitrogen and oxygen atoms in total. The Morgan fingerprint density at radius 2 is 2.12 bits per heavy atom. The number of aryl methyl sites for hydroxylation is 1. The zero-order valence-corrected chi connectivity index (χ0v) is 9.97. The minimum atomic E-state index is -0.393. The van der Waals surface area contributed by atoms with Gasteiger partial charge in [-0.25, -0.2) is 4.98 Å². The van der Waals surface area contributed by atoms with Gasteiger partial charge in [-0.3, -0.25) is 4.79 Å². The quantitative estimate of drug-likeness (QED) is 0.865. The van der Waals surface area contributed by atoms with E-state index in [9.17, 15) is 4.79 Å². The number of hydrogen-bond donors (Lipinski definition) is 1. The summed E-state index contributed by atoms with van der Waals surface area (Å²) in [4.78, 5) is 15.5. The number of rotatable bonds is 2. The summed E-state index contributed by atoms with van der Waals surface area (Å²) < 4.78 is 0. The standard InChI is InChI=1S/C12H12N2OS/c1-7-3-4-9(11(13)15)8(2)10(7)12-14-5-6-16-12/h3-6H,1-2H3,(H2,13,15). The van der Waals surface area contributed by atoms with Crippen molar-refractivity contribution in [3.8, 4) is 10.6 Å². The molecule has 16 heavy (non-hydrogen) atoms. The lowest BCUT2D eigenvalue weighted by Crippen LogP contribution is -2.13. The van der Waals surface area contributed by atoms with Crippen LogP contribution in [0.5, 0.6) is 0 Å². The molecule has 2 rings (SSSR count). The number of nitrogens with two attached hydrogens (primary N) is 1. The van der Waals surface area contributed by atoms with E-state index in [1.54, 1.807) is 23.6 Å². The Bertz CT molecular complexity index is 532. The van der Waals surface area contributed by atoms with Crippen molar-refractivity contribution in [2.75, 3.05) is 0 Å². The highest BCUT2D eigenvalue weighted by Gasteiger charge is 2.14. The van der Waals surface area contributed by atoms with Gasteiger partial charge < -0.3 is 5.73 Å². The number of aromatic nitrogens is 1. The van der Waals surface area contributed by atoms with Crippen LogP contribution in [0.3, 0.4) is 0 Å². The zero-order valence-electron chi connectivity index (χ0n) is 9.15. The van der Waals surface area contributed by atoms with Gasteiger partial charge in [-0.1, -0.05) is 6.07 Å². The van der Waals surface area contributed by atoms with E-state index in [1.165, 1.54) is 0 Å². The molecule has 1 aromatic heterocycles. The van der Waals surface area contributed by atoms with Crippen molar-refractivity contribution in [1.29, 1.82) is 0 Å². The molecule has 1 aromatic carbocycles. The highest BCUT2D eigenvalue weighted by atomic mass is 32.1. The molecule has 0 spiro atoms. The Morgan fingerprint density at radius 3 is 2.69 bits per heavy atom. The van der Waals surface area contributed by atoms with Gasteiger partial charge in [-0.2, -0.15) is 0 Å². The summed E-state index contributed by atoms with van der Waals surface area (Å²) in [6.45, 7) is 3.92. The first-order chi connectivity index (χ1) is 7.61. The molecular formula is C12H12N2OS. The predicted molar refractivity (Wildman–Crippen MR) is 65.5 cm³/mol. The average Bonchev–Trinajstić information content (AvgIpc) is 2.70. The van der Waals surface area contributed by atoms with Crippen LogP contribution in [-0.2, 0) is 0 Å². The van der Waals surface area contributed by atoms with Crippen LogP contribution in [0, 0.1) is 13.8 Å². The predicted octanol–water partition coefficient (Wildman–Crippen LogP) is 2.53. The van der Waals surface area contributed by atoms with Gasteiger partial charge in [0.05, 0.1) is 0 Å². The summed E-state index contributed by atoms with van der Waals surface area (Å²) in [5, 5.41) is 2.85. The van der Waals surface area contributed by atoms with Crippen molar-refractivity contribution in [3.63, 3.8) is 0 Å². The Balaban J connectivity index is 2.69. The molecule has 0 saturated heterocycles. The van der Waals surface area contributed by atoms with Gasteiger partial charge in [0.1, 0.15) is 5.01 Å². The zero-order chi connectivity index (χ0) is 11.7. The first-order valence-corrected chi connectivity index (χ1v) is 5.79. The number of thiazole rings is 1. The van der Waals surface area contributed by atoms with E-state index in [0.717, 1.165) is 21.7 Å². The fraction of sp³-hybridized carbons (Fsp3) is 0.167. The van der Waals surface area contributed by atoms with E-state index in [4.69, 9.17) is 5.73 Å². The van der Waals surface area contributed by atoms with E-state index < -0.39 is 5.91 Å². The summed E-state index contributed by atoms with van der Waals surface area (Å²) >= 11 is 1.56. The van der Waals surface area contributed by atoms with Crippen LogP contribution in [-0.4, -0.2) is 10.9 Å². The monoisotopic (exact) mass is 232 g/mol. The fourth-order valence-electron chi connectivity index (χ4n) is 1.79. The van der Waals surface area contributed by atoms with Crippen molar-refractivity contribution < 1.29 is 4.79 Å². The smallest absolute Gasteiger partial charge is 0.248 e. The second-order valence-electron chi connectivity index (χ2n) is 3.63. The molecule has 4 heteroatoms. The highest BCUT2D eigenvalue weighted by molar-refractivity contribution is 7.13. The fourth-order valence-corrected chi connectivity index (χ4v) is 2.59. The lowest BCUT2D eigenvalue weighted by atomic mass is 9.98. The molecule has 0 atom stereocenters. The number of hydrogen-bond acceptors (Lipinski definition) is 3. The van der Waals surface area contributed by atoms with Crippen molar-refractivity contribution in [2.45, 2.75) is 13.8 Å². The SMILES string of the molecule is Cc1ccc(C(N)=O)c(C)c1-c1nccs1. The molecule has 0 radical (unpaired) electrons. The second kappa shape index (κ2) is 4.06. The summed E-state index contributed by atoms with van der Waals surface area (Å²) in [5.74, 6) is -0.393. The Kier molecular flexibility index (Phi) is 2.75. The van der Waals surface area contributed by atoms with Crippen LogP contribution < -0.4 is 5.73 Å². The molecule has 0 bridgehead atoms. The number of carbonyl (C=O) groups is 1. The van der Waals surface area contributed by atoms with Gasteiger partial charge in [0.2, 0.25) is 5.91 Å². The molecule has 0 aliphatic rings. The maximum Gasteiger partial charge on any atom is 0.248 e. The number of nitrogens with zero attached hydrogens (tertiary/aromatic N) is 1. The van der Waals surface area contributed by atoms with E-state index in [1.807, 2.05) is 25.3 Å². The van der Waals surface area contributed by atoms with Gasteiger partial charge in [-0.15, -0.1) is 11.3 Å². The lowest BCUT2D eigenvalue weighted by Gasteiger charge is -2.10. The van der Waals surface area contributed by atoms with E-state index >= 15 is 0 Å². The largest absolute Gasteiger partial charge is 0.366 e. The molecule has 1 amide bonds. The van der Waals surface area contributed by atoms with Crippen LogP contribution in [0.1, 0.15) is 21.5 Å². The van der Waals surface area contributed by atoms with Crippen LogP contribution in [0.15, 0.2) is 23.7 Å². The molecule has 1 heterocycles. The topological polar surface area (TPSA) is 56.0 Å². The molecule has 2 aromatic rings. The van der Waals surface area contributed by atoms with Gasteiger partial charge in [0, 0.05) is 22.7 Å². The minimum absolute atomic E-state index is 0.393. The normalized spacial score (nSPS) is 10.4. The third kappa shape index (κ3) is 1.72. The van der Waals surface area contributed by atoms with E-state index in [-0.39, 0.29) is 0 Å². The number of amides is 1. The summed E-state index contributed by atoms with van der Waals surface area (Å²) in [5.41, 5.74) is 8.93. The maximum absolute atomic E-state index is 11.3. The molecule has 0 saturated carbocycles.